The van der Waals surface area contributed by atoms with E-state index in [4.69, 9.17) is 9.47 Å². The van der Waals surface area contributed by atoms with Gasteiger partial charge in [0.1, 0.15) is 23.5 Å². The molecule has 2 aliphatic carbocycles. The first-order chi connectivity index (χ1) is 12.1. The van der Waals surface area contributed by atoms with E-state index in [1.165, 1.54) is 31.0 Å². The number of phenolic OH excluding ortho intramolecular Hbond substituents is 1. The van der Waals surface area contributed by atoms with Crippen molar-refractivity contribution in [2.75, 3.05) is 0 Å². The summed E-state index contributed by atoms with van der Waals surface area (Å²) < 4.78 is 11.0. The van der Waals surface area contributed by atoms with E-state index in [0.717, 1.165) is 51.4 Å². The van der Waals surface area contributed by atoms with E-state index in [2.05, 4.69) is 0 Å². The fourth-order valence-electron chi connectivity index (χ4n) is 3.63. The number of carbonyl (C=O) groups excluding carboxylic acids is 2. The van der Waals surface area contributed by atoms with Gasteiger partial charge in [-0.25, -0.2) is 9.59 Å². The van der Waals surface area contributed by atoms with Crippen LogP contribution in [-0.4, -0.2) is 29.3 Å². The van der Waals surface area contributed by atoms with Gasteiger partial charge in [-0.3, -0.25) is 0 Å². The van der Waals surface area contributed by atoms with Crippen molar-refractivity contribution in [1.82, 2.24) is 0 Å². The van der Waals surface area contributed by atoms with Crippen LogP contribution in [0.2, 0.25) is 0 Å². The third-order valence-corrected chi connectivity index (χ3v) is 5.10. The van der Waals surface area contributed by atoms with Crippen LogP contribution >= 0.6 is 0 Å². The summed E-state index contributed by atoms with van der Waals surface area (Å²) in [6.07, 6.45) is 9.96. The highest BCUT2D eigenvalue weighted by atomic mass is 16.5. The van der Waals surface area contributed by atoms with Crippen molar-refractivity contribution in [3.63, 3.8) is 0 Å². The Kier molecular flexibility index (Phi) is 5.95. The molecular weight excluding hydrogens is 320 g/mol. The van der Waals surface area contributed by atoms with Crippen LogP contribution in [0.1, 0.15) is 84.9 Å². The topological polar surface area (TPSA) is 72.8 Å². The molecule has 1 aromatic carbocycles. The average Bonchev–Trinajstić information content (AvgIpc) is 2.63. The number of hydrogen-bond donors (Lipinski definition) is 1. The molecule has 0 aromatic heterocycles. The molecule has 5 nitrogen and oxygen atoms in total. The molecule has 3 rings (SSSR count). The molecule has 0 heterocycles. The zero-order chi connectivity index (χ0) is 17.6. The normalized spacial score (nSPS) is 19.4. The second-order valence-electron chi connectivity index (χ2n) is 7.06. The number of rotatable bonds is 4. The first-order valence-electron chi connectivity index (χ1n) is 9.38. The van der Waals surface area contributed by atoms with E-state index >= 15 is 0 Å². The Hall–Kier alpha value is -2.04. The van der Waals surface area contributed by atoms with Gasteiger partial charge in [0.05, 0.1) is 5.56 Å². The summed E-state index contributed by atoms with van der Waals surface area (Å²) in [6, 6.07) is 4.22. The van der Waals surface area contributed by atoms with Gasteiger partial charge in [0, 0.05) is 0 Å². The lowest BCUT2D eigenvalue weighted by Crippen LogP contribution is -2.22. The zero-order valence-electron chi connectivity index (χ0n) is 14.5. The SMILES string of the molecule is O=C(OC1CCCCC1)c1ccc(O)c(C(=O)OC2CCCCC2)c1. The number of aromatic hydroxyl groups is 1. The second-order valence-corrected chi connectivity index (χ2v) is 7.06. The fraction of sp³-hybridized carbons (Fsp3) is 0.600. The average molecular weight is 346 g/mol. The van der Waals surface area contributed by atoms with Crippen molar-refractivity contribution in [3.8, 4) is 5.75 Å². The summed E-state index contributed by atoms with van der Waals surface area (Å²) in [6.45, 7) is 0. The van der Waals surface area contributed by atoms with E-state index in [1.807, 2.05) is 0 Å². The number of phenols is 1. The van der Waals surface area contributed by atoms with Gasteiger partial charge in [0.15, 0.2) is 0 Å². The third kappa shape index (κ3) is 4.74. The zero-order valence-corrected chi connectivity index (χ0v) is 14.5. The van der Waals surface area contributed by atoms with Gasteiger partial charge in [-0.2, -0.15) is 0 Å². The fourth-order valence-corrected chi connectivity index (χ4v) is 3.63. The van der Waals surface area contributed by atoms with Crippen molar-refractivity contribution in [2.24, 2.45) is 0 Å². The third-order valence-electron chi connectivity index (χ3n) is 5.10. The molecule has 0 aliphatic heterocycles. The second kappa shape index (κ2) is 8.37. The van der Waals surface area contributed by atoms with Gasteiger partial charge in [-0.1, -0.05) is 12.8 Å². The van der Waals surface area contributed by atoms with Crippen LogP contribution in [0.15, 0.2) is 18.2 Å². The number of benzene rings is 1. The molecule has 0 atom stereocenters. The van der Waals surface area contributed by atoms with Crippen LogP contribution in [0.4, 0.5) is 0 Å². The minimum atomic E-state index is -0.572. The number of ether oxygens (including phenoxy) is 2. The summed E-state index contributed by atoms with van der Waals surface area (Å²) in [5, 5.41) is 9.99. The molecule has 2 fully saturated rings. The van der Waals surface area contributed by atoms with E-state index in [0.29, 0.717) is 0 Å². The van der Waals surface area contributed by atoms with E-state index in [1.54, 1.807) is 0 Å². The maximum absolute atomic E-state index is 12.4. The lowest BCUT2D eigenvalue weighted by molar-refractivity contribution is 0.0207. The molecule has 0 bridgehead atoms. The molecule has 0 spiro atoms. The molecule has 1 N–H and O–H groups in total. The van der Waals surface area contributed by atoms with Crippen molar-refractivity contribution in [1.29, 1.82) is 0 Å². The Labute approximate surface area is 148 Å². The van der Waals surface area contributed by atoms with Crippen LogP contribution in [0.5, 0.6) is 5.75 Å². The highest BCUT2D eigenvalue weighted by Crippen LogP contribution is 2.26. The molecule has 0 unspecified atom stereocenters. The van der Waals surface area contributed by atoms with Gasteiger partial charge < -0.3 is 14.6 Å². The molecule has 0 saturated heterocycles. The Morgan fingerprint density at radius 1 is 0.800 bits per heavy atom. The number of carbonyl (C=O) groups is 2. The molecule has 0 radical (unpaired) electrons. The van der Waals surface area contributed by atoms with E-state index in [-0.39, 0.29) is 29.1 Å². The van der Waals surface area contributed by atoms with Gasteiger partial charge in [-0.15, -0.1) is 0 Å². The van der Waals surface area contributed by atoms with Crippen LogP contribution < -0.4 is 0 Å². The molecule has 25 heavy (non-hydrogen) atoms. The quantitative estimate of drug-likeness (QED) is 0.820. The Morgan fingerprint density at radius 2 is 1.32 bits per heavy atom. The Balaban J connectivity index is 1.66. The molecule has 5 heteroatoms. The maximum atomic E-state index is 12.4. The lowest BCUT2D eigenvalue weighted by atomic mass is 9.97. The Morgan fingerprint density at radius 3 is 1.88 bits per heavy atom. The highest BCUT2D eigenvalue weighted by Gasteiger charge is 2.23. The maximum Gasteiger partial charge on any atom is 0.342 e. The van der Waals surface area contributed by atoms with E-state index < -0.39 is 11.9 Å². The minimum absolute atomic E-state index is 0.0312. The summed E-state index contributed by atoms with van der Waals surface area (Å²) in [4.78, 5) is 24.7. The molecule has 2 aliphatic rings. The predicted octanol–water partition coefficient (Wildman–Crippen LogP) is 4.37. The van der Waals surface area contributed by atoms with Crippen LogP contribution in [0.25, 0.3) is 0 Å². The molecule has 1 aromatic rings. The van der Waals surface area contributed by atoms with Crippen LogP contribution in [0.3, 0.4) is 0 Å². The predicted molar refractivity (Wildman–Crippen MR) is 92.7 cm³/mol. The van der Waals surface area contributed by atoms with Gasteiger partial charge in [0.2, 0.25) is 0 Å². The summed E-state index contributed by atoms with van der Waals surface area (Å²) in [5.74, 6) is -1.19. The van der Waals surface area contributed by atoms with Gasteiger partial charge in [0.25, 0.3) is 0 Å². The molecule has 2 saturated carbocycles. The molecular formula is C20H26O5. The van der Waals surface area contributed by atoms with Crippen LogP contribution in [0, 0.1) is 0 Å². The van der Waals surface area contributed by atoms with Gasteiger partial charge in [-0.05, 0) is 69.6 Å². The largest absolute Gasteiger partial charge is 0.507 e. The van der Waals surface area contributed by atoms with Crippen molar-refractivity contribution in [2.45, 2.75) is 76.4 Å². The minimum Gasteiger partial charge on any atom is -0.507 e. The first-order valence-corrected chi connectivity index (χ1v) is 9.38. The smallest absolute Gasteiger partial charge is 0.342 e. The summed E-state index contributed by atoms with van der Waals surface area (Å²) >= 11 is 0. The number of esters is 2. The summed E-state index contributed by atoms with van der Waals surface area (Å²) in [5.41, 5.74) is 0.308. The van der Waals surface area contributed by atoms with E-state index in [9.17, 15) is 14.7 Å². The van der Waals surface area contributed by atoms with Gasteiger partial charge >= 0.3 is 11.9 Å². The van der Waals surface area contributed by atoms with Crippen molar-refractivity contribution >= 4 is 11.9 Å². The Bertz CT molecular complexity index is 613. The number of hydrogen-bond acceptors (Lipinski definition) is 5. The lowest BCUT2D eigenvalue weighted by Gasteiger charge is -2.22. The summed E-state index contributed by atoms with van der Waals surface area (Å²) in [7, 11) is 0. The highest BCUT2D eigenvalue weighted by molar-refractivity contribution is 5.97. The van der Waals surface area contributed by atoms with Crippen molar-refractivity contribution in [3.05, 3.63) is 29.3 Å². The molecule has 136 valence electrons. The standard InChI is InChI=1S/C20H26O5/c21-18-12-11-14(19(22)24-15-7-3-1-4-8-15)13-17(18)20(23)25-16-9-5-2-6-10-16/h11-13,15-16,21H,1-10H2. The monoisotopic (exact) mass is 346 g/mol. The van der Waals surface area contributed by atoms with Crippen LogP contribution in [-0.2, 0) is 9.47 Å². The molecule has 0 amide bonds. The van der Waals surface area contributed by atoms with Crippen molar-refractivity contribution < 1.29 is 24.2 Å². The first kappa shape index (κ1) is 17.8.